The number of anilines is 1. The zero-order chi connectivity index (χ0) is 18.4. The summed E-state index contributed by atoms with van der Waals surface area (Å²) in [6.07, 6.45) is 2.43. The van der Waals surface area contributed by atoms with Gasteiger partial charge in [0, 0.05) is 11.8 Å². The lowest BCUT2D eigenvalue weighted by molar-refractivity contribution is 0.102. The van der Waals surface area contributed by atoms with Crippen LogP contribution >= 0.6 is 0 Å². The number of hydrogen-bond acceptors (Lipinski definition) is 4. The van der Waals surface area contributed by atoms with Crippen molar-refractivity contribution in [3.05, 3.63) is 71.7 Å². The number of amides is 1. The van der Waals surface area contributed by atoms with E-state index >= 15 is 0 Å². The number of H-pyrrole nitrogens is 1. The normalized spacial score (nSPS) is 10.7. The molecule has 6 heteroatoms. The molecule has 0 fully saturated rings. The number of aromatic nitrogens is 3. The summed E-state index contributed by atoms with van der Waals surface area (Å²) in [6.45, 7) is 4.69. The maximum absolute atomic E-state index is 12.3. The predicted octanol–water partition coefficient (Wildman–Crippen LogP) is 3.83. The van der Waals surface area contributed by atoms with E-state index in [1.807, 2.05) is 30.3 Å². The Bertz CT molecular complexity index is 842. The molecule has 3 rings (SSSR count). The highest BCUT2D eigenvalue weighted by Gasteiger charge is 2.12. The summed E-state index contributed by atoms with van der Waals surface area (Å²) < 4.78 is 5.64. The van der Waals surface area contributed by atoms with Crippen LogP contribution in [-0.2, 0) is 13.0 Å². The zero-order valence-corrected chi connectivity index (χ0v) is 14.9. The molecule has 0 spiro atoms. The summed E-state index contributed by atoms with van der Waals surface area (Å²) in [5.74, 6) is 0.737. The third-order valence-corrected chi connectivity index (χ3v) is 3.72. The van der Waals surface area contributed by atoms with Gasteiger partial charge in [-0.3, -0.25) is 9.89 Å². The molecule has 6 nitrogen and oxygen atoms in total. The number of pyridine rings is 1. The van der Waals surface area contributed by atoms with E-state index < -0.39 is 0 Å². The van der Waals surface area contributed by atoms with E-state index in [0.717, 1.165) is 17.7 Å². The molecule has 0 aliphatic carbocycles. The summed E-state index contributed by atoms with van der Waals surface area (Å²) in [6, 6.07) is 15.1. The molecule has 3 aromatic rings. The van der Waals surface area contributed by atoms with Crippen molar-refractivity contribution in [2.45, 2.75) is 26.9 Å². The van der Waals surface area contributed by atoms with E-state index in [4.69, 9.17) is 4.74 Å². The largest absolute Gasteiger partial charge is 0.473 e. The van der Waals surface area contributed by atoms with Crippen LogP contribution in [0.1, 0.15) is 35.6 Å². The molecule has 2 N–H and O–H groups in total. The minimum absolute atomic E-state index is 0.268. The lowest BCUT2D eigenvalue weighted by Crippen LogP contribution is -2.12. The van der Waals surface area contributed by atoms with Crippen molar-refractivity contribution >= 4 is 11.6 Å². The first kappa shape index (κ1) is 17.7. The van der Waals surface area contributed by atoms with Crippen molar-refractivity contribution in [3.63, 3.8) is 0 Å². The molecule has 134 valence electrons. The van der Waals surface area contributed by atoms with Gasteiger partial charge in [-0.05, 0) is 30.0 Å². The lowest BCUT2D eigenvalue weighted by atomic mass is 10.1. The second-order valence-electron chi connectivity index (χ2n) is 6.49. The van der Waals surface area contributed by atoms with Crippen molar-refractivity contribution in [3.8, 4) is 5.88 Å². The van der Waals surface area contributed by atoms with Gasteiger partial charge in [0.15, 0.2) is 5.69 Å². The molecular weight excluding hydrogens is 328 g/mol. The smallest absolute Gasteiger partial charge is 0.276 e. The molecule has 0 aliphatic heterocycles. The SMILES string of the molecule is CC(C)Cc1cc(C(=O)Nc2ccc(OCc3ccccc3)nc2)n[nH]1. The third-order valence-electron chi connectivity index (χ3n) is 3.72. The average Bonchev–Trinajstić information content (AvgIpc) is 3.10. The van der Waals surface area contributed by atoms with Crippen molar-refractivity contribution in [2.24, 2.45) is 5.92 Å². The summed E-state index contributed by atoms with van der Waals surface area (Å²) in [5, 5.41) is 9.75. The Morgan fingerprint density at radius 1 is 1.19 bits per heavy atom. The van der Waals surface area contributed by atoms with Crippen molar-refractivity contribution in [2.75, 3.05) is 5.32 Å². The van der Waals surface area contributed by atoms with Gasteiger partial charge in [0.25, 0.3) is 5.91 Å². The van der Waals surface area contributed by atoms with Gasteiger partial charge < -0.3 is 10.1 Å². The minimum atomic E-state index is -0.268. The van der Waals surface area contributed by atoms with Gasteiger partial charge in [-0.25, -0.2) is 4.98 Å². The summed E-state index contributed by atoms with van der Waals surface area (Å²) in [7, 11) is 0. The Morgan fingerprint density at radius 3 is 2.69 bits per heavy atom. The average molecular weight is 350 g/mol. The van der Waals surface area contributed by atoms with E-state index in [1.165, 1.54) is 0 Å². The van der Waals surface area contributed by atoms with E-state index in [-0.39, 0.29) is 5.91 Å². The van der Waals surface area contributed by atoms with Crippen LogP contribution in [0, 0.1) is 5.92 Å². The number of aromatic amines is 1. The van der Waals surface area contributed by atoms with Gasteiger partial charge >= 0.3 is 0 Å². The summed E-state index contributed by atoms with van der Waals surface area (Å²) in [4.78, 5) is 16.5. The molecule has 2 heterocycles. The van der Waals surface area contributed by atoms with Crippen molar-refractivity contribution in [1.82, 2.24) is 15.2 Å². The number of nitrogens with one attached hydrogen (secondary N) is 2. The Morgan fingerprint density at radius 2 is 2.00 bits per heavy atom. The van der Waals surface area contributed by atoms with Crippen LogP contribution in [0.15, 0.2) is 54.7 Å². The van der Waals surface area contributed by atoms with Gasteiger partial charge in [-0.2, -0.15) is 5.10 Å². The van der Waals surface area contributed by atoms with E-state index in [1.54, 1.807) is 24.4 Å². The van der Waals surface area contributed by atoms with Crippen LogP contribution in [-0.4, -0.2) is 21.1 Å². The maximum atomic E-state index is 12.3. The summed E-state index contributed by atoms with van der Waals surface area (Å²) in [5.41, 5.74) is 2.98. The fourth-order valence-electron chi connectivity index (χ4n) is 2.49. The molecule has 1 amide bonds. The molecule has 0 atom stereocenters. The van der Waals surface area contributed by atoms with E-state index in [2.05, 4.69) is 34.3 Å². The minimum Gasteiger partial charge on any atom is -0.473 e. The first-order valence-electron chi connectivity index (χ1n) is 8.58. The van der Waals surface area contributed by atoms with E-state index in [9.17, 15) is 4.79 Å². The molecule has 0 bridgehead atoms. The second kappa shape index (κ2) is 8.29. The molecule has 2 aromatic heterocycles. The quantitative estimate of drug-likeness (QED) is 0.678. The molecule has 26 heavy (non-hydrogen) atoms. The maximum Gasteiger partial charge on any atom is 0.276 e. The Hall–Kier alpha value is -3.15. The number of carbonyl (C=O) groups excluding carboxylic acids is 1. The van der Waals surface area contributed by atoms with Gasteiger partial charge in [-0.1, -0.05) is 44.2 Å². The Labute approximate surface area is 152 Å². The number of benzene rings is 1. The van der Waals surface area contributed by atoms with Gasteiger partial charge in [-0.15, -0.1) is 0 Å². The fraction of sp³-hybridized carbons (Fsp3) is 0.250. The second-order valence-corrected chi connectivity index (χ2v) is 6.49. The Kier molecular flexibility index (Phi) is 5.63. The van der Waals surface area contributed by atoms with Crippen LogP contribution in [0.3, 0.4) is 0 Å². The molecule has 0 aliphatic rings. The van der Waals surface area contributed by atoms with E-state index in [0.29, 0.717) is 29.8 Å². The lowest BCUT2D eigenvalue weighted by Gasteiger charge is -2.07. The van der Waals surface area contributed by atoms with Crippen LogP contribution in [0.4, 0.5) is 5.69 Å². The highest BCUT2D eigenvalue weighted by Crippen LogP contribution is 2.15. The number of carbonyl (C=O) groups is 1. The standard InChI is InChI=1S/C20H22N4O2/c1-14(2)10-17-11-18(24-23-17)20(25)22-16-8-9-19(21-12-16)26-13-15-6-4-3-5-7-15/h3-9,11-12,14H,10,13H2,1-2H3,(H,22,25)(H,23,24). The van der Waals surface area contributed by atoms with Gasteiger partial charge in [0.2, 0.25) is 5.88 Å². The van der Waals surface area contributed by atoms with Crippen LogP contribution in [0.2, 0.25) is 0 Å². The Balaban J connectivity index is 1.55. The highest BCUT2D eigenvalue weighted by atomic mass is 16.5. The van der Waals surface area contributed by atoms with Crippen LogP contribution in [0.25, 0.3) is 0 Å². The molecule has 0 saturated carbocycles. The molecular formula is C20H22N4O2. The molecule has 0 radical (unpaired) electrons. The predicted molar refractivity (Wildman–Crippen MR) is 100 cm³/mol. The van der Waals surface area contributed by atoms with Crippen LogP contribution < -0.4 is 10.1 Å². The third kappa shape index (κ3) is 4.92. The number of ether oxygens (including phenoxy) is 1. The summed E-state index contributed by atoms with van der Waals surface area (Å²) >= 11 is 0. The number of hydrogen-bond donors (Lipinski definition) is 2. The monoisotopic (exact) mass is 350 g/mol. The highest BCUT2D eigenvalue weighted by molar-refractivity contribution is 6.02. The first-order chi connectivity index (χ1) is 12.6. The fourth-order valence-corrected chi connectivity index (χ4v) is 2.49. The molecule has 0 saturated heterocycles. The molecule has 0 unspecified atom stereocenters. The van der Waals surface area contributed by atoms with Gasteiger partial charge in [0.1, 0.15) is 6.61 Å². The van der Waals surface area contributed by atoms with Gasteiger partial charge in [0.05, 0.1) is 11.9 Å². The topological polar surface area (TPSA) is 79.9 Å². The zero-order valence-electron chi connectivity index (χ0n) is 14.9. The van der Waals surface area contributed by atoms with Crippen molar-refractivity contribution < 1.29 is 9.53 Å². The first-order valence-corrected chi connectivity index (χ1v) is 8.58. The van der Waals surface area contributed by atoms with Crippen LogP contribution in [0.5, 0.6) is 5.88 Å². The number of rotatable bonds is 7. The van der Waals surface area contributed by atoms with Crippen molar-refractivity contribution in [1.29, 1.82) is 0 Å². The molecule has 1 aromatic carbocycles. The number of nitrogens with zero attached hydrogens (tertiary/aromatic N) is 2.